The molecule has 26 heavy (non-hydrogen) atoms. The van der Waals surface area contributed by atoms with Crippen LogP contribution in [0.1, 0.15) is 32.3 Å². The van der Waals surface area contributed by atoms with Gasteiger partial charge in [0, 0.05) is 12.6 Å². The van der Waals surface area contributed by atoms with E-state index in [1.165, 1.54) is 4.31 Å². The van der Waals surface area contributed by atoms with Crippen LogP contribution < -0.4 is 4.74 Å². The Bertz CT molecular complexity index is 781. The highest BCUT2D eigenvalue weighted by Gasteiger charge is 2.28. The summed E-state index contributed by atoms with van der Waals surface area (Å²) >= 11 is 0. The number of rotatable bonds is 10. The zero-order valence-electron chi connectivity index (χ0n) is 15.8. The van der Waals surface area contributed by atoms with E-state index in [9.17, 15) is 8.42 Å². The van der Waals surface area contributed by atoms with Crippen LogP contribution in [0.3, 0.4) is 0 Å². The van der Waals surface area contributed by atoms with E-state index in [1.54, 1.807) is 30.3 Å². The minimum absolute atomic E-state index is 0.195. The molecule has 0 bridgehead atoms. The Morgan fingerprint density at radius 3 is 2.31 bits per heavy atom. The van der Waals surface area contributed by atoms with Gasteiger partial charge in [-0.1, -0.05) is 0 Å². The van der Waals surface area contributed by atoms with Gasteiger partial charge in [0.1, 0.15) is 23.9 Å². The van der Waals surface area contributed by atoms with E-state index < -0.39 is 10.0 Å². The molecule has 2 aromatic rings. The molecule has 7 heteroatoms. The van der Waals surface area contributed by atoms with E-state index >= 15 is 0 Å². The topological polar surface area (TPSA) is 69.0 Å². The van der Waals surface area contributed by atoms with Gasteiger partial charge in [0.2, 0.25) is 10.0 Å². The first-order valence-corrected chi connectivity index (χ1v) is 10.2. The average Bonchev–Trinajstić information content (AvgIpc) is 3.02. The van der Waals surface area contributed by atoms with Gasteiger partial charge >= 0.3 is 0 Å². The van der Waals surface area contributed by atoms with E-state index in [-0.39, 0.29) is 17.5 Å². The van der Waals surface area contributed by atoms with Crippen LogP contribution in [0.2, 0.25) is 0 Å². The normalized spacial score (nSPS) is 12.1. The molecule has 2 rings (SSSR count). The lowest BCUT2D eigenvalue weighted by Gasteiger charge is -2.25. The van der Waals surface area contributed by atoms with Crippen LogP contribution in [-0.4, -0.2) is 38.6 Å². The predicted octanol–water partition coefficient (Wildman–Crippen LogP) is 3.60. The van der Waals surface area contributed by atoms with Crippen molar-refractivity contribution in [2.24, 2.45) is 0 Å². The van der Waals surface area contributed by atoms with Gasteiger partial charge in [-0.2, -0.15) is 4.31 Å². The van der Waals surface area contributed by atoms with Crippen LogP contribution in [0, 0.1) is 6.92 Å². The molecule has 1 heterocycles. The van der Waals surface area contributed by atoms with Crippen molar-refractivity contribution in [1.29, 1.82) is 0 Å². The summed E-state index contributed by atoms with van der Waals surface area (Å²) < 4.78 is 43.8. The number of hydrogen-bond acceptors (Lipinski definition) is 5. The number of hydrogen-bond donors (Lipinski definition) is 0. The van der Waals surface area contributed by atoms with Gasteiger partial charge in [-0.3, -0.25) is 0 Å². The Labute approximate surface area is 155 Å². The summed E-state index contributed by atoms with van der Waals surface area (Å²) in [5.74, 6) is 1.99. The van der Waals surface area contributed by atoms with Gasteiger partial charge in [0.25, 0.3) is 0 Å². The number of ether oxygens (including phenoxy) is 2. The quantitative estimate of drug-likeness (QED) is 0.588. The third-order valence-corrected chi connectivity index (χ3v) is 5.85. The van der Waals surface area contributed by atoms with Gasteiger partial charge in [-0.25, -0.2) is 8.42 Å². The van der Waals surface area contributed by atoms with Crippen molar-refractivity contribution in [3.05, 3.63) is 47.9 Å². The van der Waals surface area contributed by atoms with Gasteiger partial charge in [0.05, 0.1) is 18.0 Å². The Kier molecular flexibility index (Phi) is 7.25. The summed E-state index contributed by atoms with van der Waals surface area (Å²) in [6.45, 7) is 9.21. The fourth-order valence-electron chi connectivity index (χ4n) is 2.47. The zero-order chi connectivity index (χ0) is 19.2. The van der Waals surface area contributed by atoms with Gasteiger partial charge in [-0.05, 0) is 64.1 Å². The predicted molar refractivity (Wildman–Crippen MR) is 99.7 cm³/mol. The molecule has 0 aliphatic heterocycles. The van der Waals surface area contributed by atoms with Gasteiger partial charge in [0.15, 0.2) is 0 Å². The fraction of sp³-hybridized carbons (Fsp3) is 0.474. The van der Waals surface area contributed by atoms with Crippen LogP contribution in [0.5, 0.6) is 5.75 Å². The summed E-state index contributed by atoms with van der Waals surface area (Å²) in [6.07, 6.45) is 0. The van der Waals surface area contributed by atoms with Crippen molar-refractivity contribution >= 4 is 10.0 Å². The highest BCUT2D eigenvalue weighted by atomic mass is 32.2. The number of nitrogens with zero attached hydrogens (tertiary/aromatic N) is 1. The number of benzene rings is 1. The number of furan rings is 1. The lowest BCUT2D eigenvalue weighted by atomic mass is 10.3. The van der Waals surface area contributed by atoms with E-state index in [4.69, 9.17) is 13.9 Å². The molecule has 1 aromatic heterocycles. The summed E-state index contributed by atoms with van der Waals surface area (Å²) in [5, 5.41) is 0. The van der Waals surface area contributed by atoms with Crippen LogP contribution in [0.15, 0.2) is 45.7 Å². The summed E-state index contributed by atoms with van der Waals surface area (Å²) in [7, 11) is -3.64. The number of aryl methyl sites for hydroxylation is 1. The van der Waals surface area contributed by atoms with Gasteiger partial charge in [-0.15, -0.1) is 0 Å². The Morgan fingerprint density at radius 2 is 1.77 bits per heavy atom. The van der Waals surface area contributed by atoms with E-state index in [2.05, 4.69) is 0 Å². The lowest BCUT2D eigenvalue weighted by molar-refractivity contribution is 0.110. The summed E-state index contributed by atoms with van der Waals surface area (Å²) in [6, 6.07) is 9.88. The molecule has 0 radical (unpaired) electrons. The van der Waals surface area contributed by atoms with Crippen molar-refractivity contribution in [1.82, 2.24) is 4.31 Å². The average molecular weight is 381 g/mol. The molecule has 144 valence electrons. The molecule has 0 fully saturated rings. The molecule has 0 aliphatic carbocycles. The zero-order valence-corrected chi connectivity index (χ0v) is 16.6. The Morgan fingerprint density at radius 1 is 1.08 bits per heavy atom. The second-order valence-corrected chi connectivity index (χ2v) is 8.06. The largest absolute Gasteiger partial charge is 0.491 e. The SMILES string of the molecule is CCOCCOc1ccc(S(=O)(=O)N(Cc2ccc(C)o2)C(C)C)cc1. The molecular formula is C19H27NO5S. The summed E-state index contributed by atoms with van der Waals surface area (Å²) in [4.78, 5) is 0.228. The van der Waals surface area contributed by atoms with Crippen molar-refractivity contribution in [2.45, 2.75) is 45.2 Å². The van der Waals surface area contributed by atoms with Gasteiger partial charge < -0.3 is 13.9 Å². The molecule has 0 atom stereocenters. The Balaban J connectivity index is 2.12. The minimum atomic E-state index is -3.64. The first-order valence-electron chi connectivity index (χ1n) is 8.72. The van der Waals surface area contributed by atoms with Crippen molar-refractivity contribution in [2.75, 3.05) is 19.8 Å². The van der Waals surface area contributed by atoms with E-state index in [0.29, 0.717) is 31.3 Å². The van der Waals surface area contributed by atoms with E-state index in [0.717, 1.165) is 5.76 Å². The molecule has 6 nitrogen and oxygen atoms in total. The maximum atomic E-state index is 13.0. The fourth-order valence-corrected chi connectivity index (χ4v) is 4.08. The molecule has 0 N–H and O–H groups in total. The molecule has 0 aliphatic rings. The van der Waals surface area contributed by atoms with Crippen molar-refractivity contribution in [3.63, 3.8) is 0 Å². The lowest BCUT2D eigenvalue weighted by Crippen LogP contribution is -2.36. The van der Waals surface area contributed by atoms with Crippen LogP contribution in [0.4, 0.5) is 0 Å². The van der Waals surface area contributed by atoms with Crippen molar-refractivity contribution in [3.8, 4) is 5.75 Å². The van der Waals surface area contributed by atoms with E-state index in [1.807, 2.05) is 33.8 Å². The maximum absolute atomic E-state index is 13.0. The highest BCUT2D eigenvalue weighted by molar-refractivity contribution is 7.89. The molecule has 0 amide bonds. The summed E-state index contributed by atoms with van der Waals surface area (Å²) in [5.41, 5.74) is 0. The second-order valence-electron chi connectivity index (χ2n) is 6.17. The van der Waals surface area contributed by atoms with Crippen LogP contribution in [0.25, 0.3) is 0 Å². The molecule has 0 saturated carbocycles. The first kappa shape index (κ1) is 20.5. The number of sulfonamides is 1. The highest BCUT2D eigenvalue weighted by Crippen LogP contribution is 2.24. The molecular weight excluding hydrogens is 354 g/mol. The molecule has 0 spiro atoms. The third kappa shape index (κ3) is 5.33. The minimum Gasteiger partial charge on any atom is -0.491 e. The molecule has 0 saturated heterocycles. The Hall–Kier alpha value is -1.83. The molecule has 1 aromatic carbocycles. The standard InChI is InChI=1S/C19H27NO5S/c1-5-23-12-13-24-17-8-10-19(11-9-17)26(21,22)20(15(2)3)14-18-7-6-16(4)25-18/h6-11,15H,5,12-14H2,1-4H3. The van der Waals surface area contributed by atoms with Crippen LogP contribution in [-0.2, 0) is 21.3 Å². The van der Waals surface area contributed by atoms with Crippen molar-refractivity contribution < 1.29 is 22.3 Å². The third-order valence-electron chi connectivity index (χ3n) is 3.81. The second kappa shape index (κ2) is 9.21. The monoisotopic (exact) mass is 381 g/mol. The first-order chi connectivity index (χ1) is 12.3. The smallest absolute Gasteiger partial charge is 0.243 e. The van der Waals surface area contributed by atoms with Crippen LogP contribution >= 0.6 is 0 Å². The maximum Gasteiger partial charge on any atom is 0.243 e. The molecule has 0 unspecified atom stereocenters.